The Morgan fingerprint density at radius 1 is 1.23 bits per heavy atom. The molecular weight excluding hydrogens is 390 g/mol. The number of fused-ring (bicyclic) bond motifs is 2. The molecule has 1 aromatic carbocycles. The Hall–Kier alpha value is -3.71. The monoisotopic (exact) mass is 414 g/mol. The van der Waals surface area contributed by atoms with Crippen LogP contribution in [0.15, 0.2) is 47.8 Å². The molecule has 3 aromatic heterocycles. The lowest BCUT2D eigenvalue weighted by Gasteiger charge is -2.21. The molecule has 9 nitrogen and oxygen atoms in total. The minimum Gasteiger partial charge on any atom is -0.361 e. The minimum atomic E-state index is 0.0660. The van der Waals surface area contributed by atoms with Crippen LogP contribution in [-0.4, -0.2) is 24.7 Å². The van der Waals surface area contributed by atoms with Crippen LogP contribution in [0, 0.1) is 11.4 Å². The van der Waals surface area contributed by atoms with Gasteiger partial charge in [0.2, 0.25) is 4.91 Å². The van der Waals surface area contributed by atoms with Crippen molar-refractivity contribution >= 4 is 33.7 Å². The maximum absolute atomic E-state index is 7.08. The molecular formula is C22H24N9+. The van der Waals surface area contributed by atoms with Gasteiger partial charge in [-0.1, -0.05) is 25.1 Å². The number of aromatic nitrogens is 5. The van der Waals surface area contributed by atoms with Gasteiger partial charge in [0, 0.05) is 17.6 Å². The van der Waals surface area contributed by atoms with E-state index in [0.717, 1.165) is 41.2 Å². The topological polar surface area (TPSA) is 119 Å². The first-order valence-electron chi connectivity index (χ1n) is 10.6. The SMILES string of the molecule is CCC(C)n1ncc2nc(N=[N+]=N)nc(N[C@@H](c3cnc4ccccc4c3)C3CC3)c21. The fourth-order valence-corrected chi connectivity index (χ4v) is 3.96. The number of rotatable bonds is 7. The molecule has 2 N–H and O–H groups in total. The standard InChI is InChI=1S/C22H24N9/c1-3-13(2)31-20-18(12-25-31)26-22(29-30-23)28-21(20)27-19(14-8-9-14)16-10-15-6-4-5-7-17(15)24-11-16/h4-7,10-14,19H,3,8-9H2,1-2H3,(H2,23,26,27,28,29)/q+1/t13?,19-/m1/s1. The normalized spacial score (nSPS) is 15.5. The minimum absolute atomic E-state index is 0.0660. The van der Waals surface area contributed by atoms with Crippen molar-refractivity contribution in [1.29, 1.82) is 5.53 Å². The van der Waals surface area contributed by atoms with Gasteiger partial charge in [0.15, 0.2) is 10.9 Å². The van der Waals surface area contributed by atoms with Crippen molar-refractivity contribution in [3.05, 3.63) is 48.3 Å². The molecule has 1 unspecified atom stereocenters. The van der Waals surface area contributed by atoms with Crippen molar-refractivity contribution in [1.82, 2.24) is 29.6 Å². The Bertz CT molecular complexity index is 1300. The number of nitrogens with zero attached hydrogens (tertiary/aromatic N) is 7. The van der Waals surface area contributed by atoms with E-state index in [4.69, 9.17) is 5.53 Å². The Labute approximate surface area is 179 Å². The summed E-state index contributed by atoms with van der Waals surface area (Å²) >= 11 is 0. The average Bonchev–Trinajstić information content (AvgIpc) is 3.55. The molecule has 9 heteroatoms. The molecule has 1 aliphatic carbocycles. The van der Waals surface area contributed by atoms with Crippen LogP contribution in [0.3, 0.4) is 0 Å². The smallest absolute Gasteiger partial charge is 0.339 e. The lowest BCUT2D eigenvalue weighted by Crippen LogP contribution is -2.16. The number of para-hydroxylation sites is 1. The van der Waals surface area contributed by atoms with Gasteiger partial charge in [0.25, 0.3) is 0 Å². The molecule has 1 aliphatic rings. The maximum Gasteiger partial charge on any atom is 0.339 e. The molecule has 3 heterocycles. The summed E-state index contributed by atoms with van der Waals surface area (Å²) in [5.41, 5.74) is 10.7. The third-order valence-corrected chi connectivity index (χ3v) is 5.94. The van der Waals surface area contributed by atoms with Crippen molar-refractivity contribution < 1.29 is 0 Å². The zero-order valence-corrected chi connectivity index (χ0v) is 17.5. The van der Waals surface area contributed by atoms with Crippen LogP contribution in [0.1, 0.15) is 50.8 Å². The first-order chi connectivity index (χ1) is 15.2. The van der Waals surface area contributed by atoms with Crippen molar-refractivity contribution in [2.45, 2.75) is 45.2 Å². The summed E-state index contributed by atoms with van der Waals surface area (Å²) in [4.78, 5) is 16.8. The van der Waals surface area contributed by atoms with Crippen molar-refractivity contribution in [3.8, 4) is 0 Å². The van der Waals surface area contributed by atoms with Crippen molar-refractivity contribution in [3.63, 3.8) is 0 Å². The molecule has 2 atom stereocenters. The molecule has 0 aliphatic heterocycles. The zero-order chi connectivity index (χ0) is 21.4. The first kappa shape index (κ1) is 19.3. The van der Waals surface area contributed by atoms with Gasteiger partial charge in [0.1, 0.15) is 16.6 Å². The van der Waals surface area contributed by atoms with Crippen molar-refractivity contribution in [2.75, 3.05) is 5.32 Å². The predicted octanol–water partition coefficient (Wildman–Crippen LogP) is 5.09. The highest BCUT2D eigenvalue weighted by atomic mass is 15.3. The fourth-order valence-electron chi connectivity index (χ4n) is 3.96. The van der Waals surface area contributed by atoms with E-state index in [1.807, 2.05) is 29.1 Å². The van der Waals surface area contributed by atoms with Crippen LogP contribution in [0.25, 0.3) is 21.9 Å². The molecule has 0 spiro atoms. The van der Waals surface area contributed by atoms with E-state index in [9.17, 15) is 0 Å². The summed E-state index contributed by atoms with van der Waals surface area (Å²) in [6.07, 6.45) is 6.92. The van der Waals surface area contributed by atoms with Gasteiger partial charge >= 0.3 is 5.95 Å². The van der Waals surface area contributed by atoms with E-state index >= 15 is 0 Å². The summed E-state index contributed by atoms with van der Waals surface area (Å²) in [7, 11) is 0. The Kier molecular flexibility index (Phi) is 4.88. The fraction of sp³-hybridized carbons (Fsp3) is 0.364. The number of benzene rings is 1. The highest BCUT2D eigenvalue weighted by Gasteiger charge is 2.34. The van der Waals surface area contributed by atoms with Gasteiger partial charge in [-0.15, -0.1) is 0 Å². The summed E-state index contributed by atoms with van der Waals surface area (Å²) in [5, 5.41) is 13.1. The quantitative estimate of drug-likeness (QED) is 0.322. The van der Waals surface area contributed by atoms with Crippen LogP contribution >= 0.6 is 0 Å². The van der Waals surface area contributed by atoms with E-state index in [0.29, 0.717) is 17.3 Å². The van der Waals surface area contributed by atoms with E-state index < -0.39 is 0 Å². The Morgan fingerprint density at radius 3 is 2.84 bits per heavy atom. The molecule has 31 heavy (non-hydrogen) atoms. The maximum atomic E-state index is 7.08. The lowest BCUT2D eigenvalue weighted by molar-refractivity contribution is 0.492. The molecule has 1 saturated carbocycles. The second kappa shape index (κ2) is 7.85. The molecule has 0 amide bonds. The first-order valence-corrected chi connectivity index (χ1v) is 10.6. The largest absolute Gasteiger partial charge is 0.361 e. The number of anilines is 1. The molecule has 0 bridgehead atoms. The molecule has 0 saturated heterocycles. The van der Waals surface area contributed by atoms with Gasteiger partial charge in [0.05, 0.1) is 17.8 Å². The number of hydrogen-bond donors (Lipinski definition) is 2. The number of hydrogen-bond acceptors (Lipinski definition) is 7. The number of pyridine rings is 1. The number of nitrogens with one attached hydrogen (secondary N) is 2. The highest BCUT2D eigenvalue weighted by molar-refractivity contribution is 5.87. The summed E-state index contributed by atoms with van der Waals surface area (Å²) < 4.78 is 1.96. The summed E-state index contributed by atoms with van der Waals surface area (Å²) in [6, 6.07) is 10.6. The van der Waals surface area contributed by atoms with E-state index in [1.54, 1.807) is 6.20 Å². The van der Waals surface area contributed by atoms with Gasteiger partial charge in [-0.05, 0) is 49.8 Å². The summed E-state index contributed by atoms with van der Waals surface area (Å²) in [5.74, 6) is 1.32. The average molecular weight is 414 g/mol. The summed E-state index contributed by atoms with van der Waals surface area (Å²) in [6.45, 7) is 4.25. The van der Waals surface area contributed by atoms with Gasteiger partial charge in [-0.3, -0.25) is 9.67 Å². The molecule has 5 rings (SSSR count). The second-order valence-electron chi connectivity index (χ2n) is 8.07. The van der Waals surface area contributed by atoms with Crippen LogP contribution in [0.4, 0.5) is 11.8 Å². The van der Waals surface area contributed by atoms with Crippen molar-refractivity contribution in [2.24, 2.45) is 11.0 Å². The van der Waals surface area contributed by atoms with E-state index in [1.165, 1.54) is 0 Å². The second-order valence-corrected chi connectivity index (χ2v) is 8.07. The highest BCUT2D eigenvalue weighted by Crippen LogP contribution is 2.44. The van der Waals surface area contributed by atoms with Gasteiger partial charge in [-0.2, -0.15) is 10.1 Å². The lowest BCUT2D eigenvalue weighted by atomic mass is 10.0. The third kappa shape index (κ3) is 3.64. The Morgan fingerprint density at radius 2 is 2.06 bits per heavy atom. The van der Waals surface area contributed by atoms with Crippen LogP contribution in [-0.2, 0) is 0 Å². The third-order valence-electron chi connectivity index (χ3n) is 5.94. The van der Waals surface area contributed by atoms with E-state index in [-0.39, 0.29) is 18.0 Å². The van der Waals surface area contributed by atoms with Crippen LogP contribution in [0.2, 0.25) is 0 Å². The van der Waals surface area contributed by atoms with Gasteiger partial charge < -0.3 is 5.32 Å². The Balaban J connectivity index is 1.62. The molecule has 156 valence electrons. The molecule has 4 aromatic rings. The van der Waals surface area contributed by atoms with Crippen LogP contribution in [0.5, 0.6) is 0 Å². The zero-order valence-electron chi connectivity index (χ0n) is 17.5. The van der Waals surface area contributed by atoms with Gasteiger partial charge in [-0.25, -0.2) is 4.98 Å². The van der Waals surface area contributed by atoms with Crippen LogP contribution < -0.4 is 10.2 Å². The molecule has 0 radical (unpaired) electrons. The van der Waals surface area contributed by atoms with E-state index in [2.05, 4.69) is 61.4 Å². The predicted molar refractivity (Wildman–Crippen MR) is 118 cm³/mol. The molecule has 1 fully saturated rings.